The molecule has 0 saturated carbocycles. The van der Waals surface area contributed by atoms with E-state index in [9.17, 15) is 13.2 Å². The Morgan fingerprint density at radius 1 is 1.03 bits per heavy atom. The molecule has 29 heavy (non-hydrogen) atoms. The summed E-state index contributed by atoms with van der Waals surface area (Å²) in [6, 6.07) is 8.34. The minimum atomic E-state index is -3.50. The van der Waals surface area contributed by atoms with Gasteiger partial charge in [-0.15, -0.1) is 0 Å². The van der Waals surface area contributed by atoms with E-state index in [-0.39, 0.29) is 11.1 Å². The zero-order chi connectivity index (χ0) is 20.6. The van der Waals surface area contributed by atoms with E-state index >= 15 is 0 Å². The van der Waals surface area contributed by atoms with Crippen molar-refractivity contribution >= 4 is 44.2 Å². The van der Waals surface area contributed by atoms with Crippen LogP contribution in [0.2, 0.25) is 5.28 Å². The largest absolute Gasteiger partial charge is 0.481 e. The first-order chi connectivity index (χ1) is 13.8. The first-order valence-electron chi connectivity index (χ1n) is 8.12. The fourth-order valence-corrected chi connectivity index (χ4v) is 3.55. The first kappa shape index (κ1) is 19.3. The molecule has 3 heterocycles. The number of benzene rings is 1. The number of nitrogens with zero attached hydrogens (tertiary/aromatic N) is 4. The summed E-state index contributed by atoms with van der Waals surface area (Å²) in [5.74, 6) is -3.65. The highest BCUT2D eigenvalue weighted by molar-refractivity contribution is 7.21. The minimum absolute atomic E-state index is 0.0350. The van der Waals surface area contributed by atoms with Gasteiger partial charge in [0, 0.05) is 17.7 Å². The highest BCUT2D eigenvalue weighted by Gasteiger charge is 2.36. The summed E-state index contributed by atoms with van der Waals surface area (Å²) in [5.41, 5.74) is -0.446. The molecule has 1 N–H and O–H groups in total. The predicted octanol–water partition coefficient (Wildman–Crippen LogP) is 5.17. The van der Waals surface area contributed by atoms with Crippen LogP contribution in [-0.4, -0.2) is 27.0 Å². The maximum atomic E-state index is 14.8. The number of hydrogen-bond acceptors (Lipinski definition) is 7. The van der Waals surface area contributed by atoms with Crippen LogP contribution in [0, 0.1) is 5.82 Å². The Hall–Kier alpha value is -2.98. The highest BCUT2D eigenvalue weighted by Crippen LogP contribution is 2.36. The number of rotatable bonds is 5. The SMILES string of the molecule is COc1ccc2nc(Nc3cc(C(F)(F)c4ccc(F)cc4)nc(Cl)n3)sc2n1. The second kappa shape index (κ2) is 7.45. The molecule has 1 aromatic carbocycles. The van der Waals surface area contributed by atoms with Crippen LogP contribution in [0.4, 0.5) is 24.1 Å². The van der Waals surface area contributed by atoms with Gasteiger partial charge in [-0.05, 0) is 41.9 Å². The standard InChI is InChI=1S/C18H11ClF3N5OS/c1-28-14-7-6-11-15(27-14)29-17(23-11)26-13-8-12(24-16(19)25-13)18(21,22)9-2-4-10(20)5-3-9/h2-8H,1H3,(H,23,24,25,26). The molecule has 0 saturated heterocycles. The maximum absolute atomic E-state index is 14.8. The third-order valence-corrected chi connectivity index (χ3v) is 4.95. The number of alkyl halides is 2. The van der Waals surface area contributed by atoms with Crippen LogP contribution in [0.15, 0.2) is 42.5 Å². The fraction of sp³-hybridized carbons (Fsp3) is 0.111. The summed E-state index contributed by atoms with van der Waals surface area (Å²) < 4.78 is 47.8. The van der Waals surface area contributed by atoms with Crippen molar-refractivity contribution in [1.82, 2.24) is 19.9 Å². The number of hydrogen-bond donors (Lipinski definition) is 1. The van der Waals surface area contributed by atoms with E-state index < -0.39 is 23.0 Å². The monoisotopic (exact) mass is 437 g/mol. The van der Waals surface area contributed by atoms with E-state index in [2.05, 4.69) is 25.3 Å². The third kappa shape index (κ3) is 3.94. The van der Waals surface area contributed by atoms with Gasteiger partial charge in [0.15, 0.2) is 5.13 Å². The number of fused-ring (bicyclic) bond motifs is 1. The van der Waals surface area contributed by atoms with Gasteiger partial charge in [-0.1, -0.05) is 11.3 Å². The van der Waals surface area contributed by atoms with E-state index in [1.54, 1.807) is 12.1 Å². The van der Waals surface area contributed by atoms with Crippen LogP contribution >= 0.6 is 22.9 Å². The molecular formula is C18H11ClF3N5OS. The lowest BCUT2D eigenvalue weighted by atomic mass is 10.1. The van der Waals surface area contributed by atoms with Crippen LogP contribution in [0.5, 0.6) is 5.88 Å². The zero-order valence-corrected chi connectivity index (χ0v) is 16.2. The number of methoxy groups -OCH3 is 1. The molecule has 148 valence electrons. The van der Waals surface area contributed by atoms with Crippen molar-refractivity contribution in [2.24, 2.45) is 0 Å². The summed E-state index contributed by atoms with van der Waals surface area (Å²) in [7, 11) is 1.50. The number of ether oxygens (including phenoxy) is 1. The Morgan fingerprint density at radius 3 is 2.52 bits per heavy atom. The van der Waals surface area contributed by atoms with Crippen LogP contribution in [-0.2, 0) is 5.92 Å². The molecule has 0 amide bonds. The summed E-state index contributed by atoms with van der Waals surface area (Å²) >= 11 is 7.04. The summed E-state index contributed by atoms with van der Waals surface area (Å²) in [5, 5.41) is 2.86. The molecule has 3 aromatic heterocycles. The molecule has 0 spiro atoms. The molecule has 0 fully saturated rings. The first-order valence-corrected chi connectivity index (χ1v) is 9.32. The topological polar surface area (TPSA) is 72.8 Å². The van der Waals surface area contributed by atoms with Gasteiger partial charge in [-0.2, -0.15) is 8.78 Å². The number of halogens is 4. The van der Waals surface area contributed by atoms with Crippen molar-refractivity contribution in [3.8, 4) is 5.88 Å². The molecule has 0 aliphatic heterocycles. The van der Waals surface area contributed by atoms with Crippen molar-refractivity contribution in [2.45, 2.75) is 5.92 Å². The van der Waals surface area contributed by atoms with E-state index in [4.69, 9.17) is 16.3 Å². The molecular weight excluding hydrogens is 427 g/mol. The molecule has 4 rings (SSSR count). The van der Waals surface area contributed by atoms with Gasteiger partial charge < -0.3 is 10.1 Å². The molecule has 6 nitrogen and oxygen atoms in total. The average molecular weight is 438 g/mol. The van der Waals surface area contributed by atoms with Crippen LogP contribution in [0.1, 0.15) is 11.3 Å². The highest BCUT2D eigenvalue weighted by atomic mass is 35.5. The predicted molar refractivity (Wildman–Crippen MR) is 104 cm³/mol. The van der Waals surface area contributed by atoms with E-state index in [1.807, 2.05) is 0 Å². The number of anilines is 2. The normalized spacial score (nSPS) is 11.6. The average Bonchev–Trinajstić information content (AvgIpc) is 3.09. The fourth-order valence-electron chi connectivity index (χ4n) is 2.53. The molecule has 0 aliphatic rings. The Balaban J connectivity index is 1.67. The van der Waals surface area contributed by atoms with E-state index in [0.29, 0.717) is 21.4 Å². The van der Waals surface area contributed by atoms with Gasteiger partial charge in [0.1, 0.15) is 27.7 Å². The van der Waals surface area contributed by atoms with Crippen LogP contribution in [0.25, 0.3) is 10.3 Å². The minimum Gasteiger partial charge on any atom is -0.481 e. The molecule has 0 aliphatic carbocycles. The maximum Gasteiger partial charge on any atom is 0.315 e. The van der Waals surface area contributed by atoms with Crippen LogP contribution in [0.3, 0.4) is 0 Å². The second-order valence-electron chi connectivity index (χ2n) is 5.81. The number of pyridine rings is 1. The zero-order valence-electron chi connectivity index (χ0n) is 14.7. The van der Waals surface area contributed by atoms with Crippen molar-refractivity contribution in [3.63, 3.8) is 0 Å². The lowest BCUT2D eigenvalue weighted by Crippen LogP contribution is -2.18. The van der Waals surface area contributed by atoms with Gasteiger partial charge >= 0.3 is 5.92 Å². The van der Waals surface area contributed by atoms with Crippen molar-refractivity contribution in [2.75, 3.05) is 12.4 Å². The lowest BCUT2D eigenvalue weighted by Gasteiger charge is -2.17. The molecule has 0 unspecified atom stereocenters. The van der Waals surface area contributed by atoms with Gasteiger partial charge in [-0.3, -0.25) is 0 Å². The van der Waals surface area contributed by atoms with Crippen LogP contribution < -0.4 is 10.1 Å². The third-order valence-electron chi connectivity index (χ3n) is 3.90. The lowest BCUT2D eigenvalue weighted by molar-refractivity contribution is 0.0379. The number of thiazole rings is 1. The van der Waals surface area contributed by atoms with Gasteiger partial charge in [0.25, 0.3) is 0 Å². The number of nitrogens with one attached hydrogen (secondary N) is 1. The summed E-state index contributed by atoms with van der Waals surface area (Å²) in [6.07, 6.45) is 0. The van der Waals surface area contributed by atoms with Crippen molar-refractivity contribution in [3.05, 3.63) is 64.8 Å². The molecule has 4 aromatic rings. The Bertz CT molecular complexity index is 1190. The molecule has 11 heteroatoms. The Labute approximate surface area is 171 Å². The molecule has 0 radical (unpaired) electrons. The van der Waals surface area contributed by atoms with E-state index in [1.165, 1.54) is 18.4 Å². The van der Waals surface area contributed by atoms with Crippen molar-refractivity contribution in [1.29, 1.82) is 0 Å². The van der Waals surface area contributed by atoms with Gasteiger partial charge in [0.05, 0.1) is 7.11 Å². The second-order valence-corrected chi connectivity index (χ2v) is 7.13. The van der Waals surface area contributed by atoms with E-state index in [0.717, 1.165) is 30.3 Å². The number of aromatic nitrogens is 4. The Kier molecular flexibility index (Phi) is 4.97. The van der Waals surface area contributed by atoms with Gasteiger partial charge in [0.2, 0.25) is 11.2 Å². The van der Waals surface area contributed by atoms with Crippen molar-refractivity contribution < 1.29 is 17.9 Å². The molecule has 0 atom stereocenters. The molecule has 0 bridgehead atoms. The van der Waals surface area contributed by atoms with Gasteiger partial charge in [-0.25, -0.2) is 24.3 Å². The smallest absolute Gasteiger partial charge is 0.315 e. The summed E-state index contributed by atoms with van der Waals surface area (Å²) in [6.45, 7) is 0. The Morgan fingerprint density at radius 2 is 1.79 bits per heavy atom. The summed E-state index contributed by atoms with van der Waals surface area (Å²) in [4.78, 5) is 16.8. The quantitative estimate of drug-likeness (QED) is 0.434.